The predicted octanol–water partition coefficient (Wildman–Crippen LogP) is 3.05. The van der Waals surface area contributed by atoms with Crippen molar-refractivity contribution in [2.24, 2.45) is 0 Å². The highest BCUT2D eigenvalue weighted by atomic mass is 79.9. The molecule has 1 aromatic carbocycles. The van der Waals surface area contributed by atoms with E-state index in [0.29, 0.717) is 10.0 Å². The first-order chi connectivity index (χ1) is 5.72. The maximum Gasteiger partial charge on any atom is 0.118 e. The van der Waals surface area contributed by atoms with Gasteiger partial charge in [0.05, 0.1) is 11.6 Å². The molecular formula is C9H10BrNO. The number of phenols is 1. The van der Waals surface area contributed by atoms with Gasteiger partial charge in [0, 0.05) is 4.47 Å². The van der Waals surface area contributed by atoms with Crippen molar-refractivity contribution in [3.63, 3.8) is 0 Å². The minimum atomic E-state index is 0.103. The van der Waals surface area contributed by atoms with Crippen molar-refractivity contribution in [2.45, 2.75) is 13.8 Å². The van der Waals surface area contributed by atoms with E-state index in [-0.39, 0.29) is 5.75 Å². The zero-order chi connectivity index (χ0) is 9.56. The van der Waals surface area contributed by atoms with Crippen LogP contribution in [0.2, 0.25) is 0 Å². The lowest BCUT2D eigenvalue weighted by Crippen LogP contribution is -1.73. The highest BCUT2D eigenvalue weighted by molar-refractivity contribution is 9.10. The summed E-state index contributed by atoms with van der Waals surface area (Å²) in [5.41, 5.74) is 0.451. The highest BCUT2D eigenvalue weighted by Crippen LogP contribution is 2.19. The lowest BCUT2D eigenvalue weighted by Gasteiger charge is -1.92. The summed E-state index contributed by atoms with van der Waals surface area (Å²) < 4.78 is 0.712. The molecule has 0 unspecified atom stereocenters. The second-order valence-electron chi connectivity index (χ2n) is 1.81. The van der Waals surface area contributed by atoms with Crippen LogP contribution in [0.1, 0.15) is 19.4 Å². The SMILES string of the molecule is CC.N#Cc1cc(O)cc(Br)c1. The number of halogens is 1. The molecule has 0 aliphatic carbocycles. The Morgan fingerprint density at radius 3 is 2.33 bits per heavy atom. The van der Waals surface area contributed by atoms with Crippen LogP contribution >= 0.6 is 15.9 Å². The highest BCUT2D eigenvalue weighted by Gasteiger charge is 1.94. The first-order valence-corrected chi connectivity index (χ1v) is 4.41. The minimum Gasteiger partial charge on any atom is -0.508 e. The maximum absolute atomic E-state index is 8.94. The van der Waals surface area contributed by atoms with Crippen molar-refractivity contribution in [1.82, 2.24) is 0 Å². The molecule has 1 rings (SSSR count). The van der Waals surface area contributed by atoms with E-state index in [1.807, 2.05) is 19.9 Å². The van der Waals surface area contributed by atoms with Gasteiger partial charge in [0.15, 0.2) is 0 Å². The first kappa shape index (κ1) is 11.0. The number of benzene rings is 1. The second-order valence-corrected chi connectivity index (χ2v) is 2.73. The van der Waals surface area contributed by atoms with Gasteiger partial charge in [-0.2, -0.15) is 5.26 Å². The monoisotopic (exact) mass is 227 g/mol. The van der Waals surface area contributed by atoms with Gasteiger partial charge in [0.2, 0.25) is 0 Å². The fraction of sp³-hybridized carbons (Fsp3) is 0.222. The zero-order valence-electron chi connectivity index (χ0n) is 7.00. The van der Waals surface area contributed by atoms with Crippen molar-refractivity contribution in [2.75, 3.05) is 0 Å². The van der Waals surface area contributed by atoms with Crippen LogP contribution in [0.4, 0.5) is 0 Å². The summed E-state index contributed by atoms with van der Waals surface area (Å²) in [6.45, 7) is 4.00. The van der Waals surface area contributed by atoms with Gasteiger partial charge in [-0.3, -0.25) is 0 Å². The molecule has 0 heterocycles. The summed E-state index contributed by atoms with van der Waals surface area (Å²) in [5.74, 6) is 0.103. The maximum atomic E-state index is 8.94. The Balaban J connectivity index is 0.000000561. The summed E-state index contributed by atoms with van der Waals surface area (Å²) in [6, 6.07) is 6.49. The average Bonchev–Trinajstić information content (AvgIpc) is 2.06. The van der Waals surface area contributed by atoms with Crippen LogP contribution in [-0.4, -0.2) is 5.11 Å². The molecule has 0 atom stereocenters. The quantitative estimate of drug-likeness (QED) is 0.741. The van der Waals surface area contributed by atoms with E-state index >= 15 is 0 Å². The molecule has 0 saturated carbocycles. The lowest BCUT2D eigenvalue weighted by atomic mass is 10.2. The van der Waals surface area contributed by atoms with Crippen molar-refractivity contribution < 1.29 is 5.11 Å². The first-order valence-electron chi connectivity index (χ1n) is 3.62. The van der Waals surface area contributed by atoms with Gasteiger partial charge in [-0.1, -0.05) is 29.8 Å². The van der Waals surface area contributed by atoms with Gasteiger partial charge in [-0.25, -0.2) is 0 Å². The Hall–Kier alpha value is -1.01. The van der Waals surface area contributed by atoms with Crippen LogP contribution < -0.4 is 0 Å². The summed E-state index contributed by atoms with van der Waals surface area (Å²) >= 11 is 3.14. The Morgan fingerprint density at radius 2 is 1.92 bits per heavy atom. The third-order valence-electron chi connectivity index (χ3n) is 1.01. The third kappa shape index (κ3) is 3.40. The van der Waals surface area contributed by atoms with Gasteiger partial charge in [0.25, 0.3) is 0 Å². The molecule has 1 N–H and O–H groups in total. The van der Waals surface area contributed by atoms with Crippen LogP contribution in [0.3, 0.4) is 0 Å². The summed E-state index contributed by atoms with van der Waals surface area (Å²) in [4.78, 5) is 0. The average molecular weight is 228 g/mol. The molecule has 0 aliphatic heterocycles. The summed E-state index contributed by atoms with van der Waals surface area (Å²) in [5, 5.41) is 17.3. The molecular weight excluding hydrogens is 218 g/mol. The van der Waals surface area contributed by atoms with Crippen molar-refractivity contribution in [3.05, 3.63) is 28.2 Å². The molecule has 0 amide bonds. The Labute approximate surface area is 80.6 Å². The Morgan fingerprint density at radius 1 is 1.33 bits per heavy atom. The van der Waals surface area contributed by atoms with Gasteiger partial charge in [-0.05, 0) is 18.2 Å². The van der Waals surface area contributed by atoms with E-state index in [9.17, 15) is 0 Å². The molecule has 3 heteroatoms. The third-order valence-corrected chi connectivity index (χ3v) is 1.47. The molecule has 0 saturated heterocycles. The fourth-order valence-electron chi connectivity index (χ4n) is 0.639. The summed E-state index contributed by atoms with van der Waals surface area (Å²) in [6.07, 6.45) is 0. The largest absolute Gasteiger partial charge is 0.508 e. The molecule has 1 aromatic rings. The van der Waals surface area contributed by atoms with Crippen LogP contribution in [0, 0.1) is 11.3 Å². The number of hydrogen-bond donors (Lipinski definition) is 1. The zero-order valence-corrected chi connectivity index (χ0v) is 8.59. The molecule has 2 nitrogen and oxygen atoms in total. The Bertz CT molecular complexity index is 271. The fourth-order valence-corrected chi connectivity index (χ4v) is 1.12. The van der Waals surface area contributed by atoms with Crippen molar-refractivity contribution in [1.29, 1.82) is 5.26 Å². The minimum absolute atomic E-state index is 0.103. The molecule has 64 valence electrons. The molecule has 0 bridgehead atoms. The van der Waals surface area contributed by atoms with Crippen molar-refractivity contribution in [3.8, 4) is 11.8 Å². The molecule has 0 aliphatic rings. The second kappa shape index (κ2) is 5.62. The Kier molecular flexibility index (Phi) is 5.14. The van der Waals surface area contributed by atoms with Gasteiger partial charge in [-0.15, -0.1) is 0 Å². The van der Waals surface area contributed by atoms with E-state index in [0.717, 1.165) is 0 Å². The van der Waals surface area contributed by atoms with Gasteiger partial charge < -0.3 is 5.11 Å². The summed E-state index contributed by atoms with van der Waals surface area (Å²) in [7, 11) is 0. The van der Waals surface area contributed by atoms with Crippen LogP contribution in [0.25, 0.3) is 0 Å². The van der Waals surface area contributed by atoms with Crippen molar-refractivity contribution >= 4 is 15.9 Å². The number of rotatable bonds is 0. The topological polar surface area (TPSA) is 44.0 Å². The van der Waals surface area contributed by atoms with E-state index < -0.39 is 0 Å². The van der Waals surface area contributed by atoms with Crippen LogP contribution in [0.5, 0.6) is 5.75 Å². The van der Waals surface area contributed by atoms with Crippen LogP contribution in [-0.2, 0) is 0 Å². The molecule has 12 heavy (non-hydrogen) atoms. The van der Waals surface area contributed by atoms with E-state index in [2.05, 4.69) is 15.9 Å². The molecule has 0 aromatic heterocycles. The van der Waals surface area contributed by atoms with E-state index in [1.54, 1.807) is 6.07 Å². The smallest absolute Gasteiger partial charge is 0.118 e. The van der Waals surface area contributed by atoms with Gasteiger partial charge >= 0.3 is 0 Å². The number of nitriles is 1. The molecule has 0 radical (unpaired) electrons. The number of aromatic hydroxyl groups is 1. The van der Waals surface area contributed by atoms with Gasteiger partial charge in [0.1, 0.15) is 5.75 Å². The molecule has 0 fully saturated rings. The van der Waals surface area contributed by atoms with E-state index in [4.69, 9.17) is 10.4 Å². The number of nitrogens with zero attached hydrogens (tertiary/aromatic N) is 1. The number of hydrogen-bond acceptors (Lipinski definition) is 2. The molecule has 0 spiro atoms. The lowest BCUT2D eigenvalue weighted by molar-refractivity contribution is 0.475. The number of phenolic OH excluding ortho intramolecular Hbond substituents is 1. The predicted molar refractivity (Wildman–Crippen MR) is 51.9 cm³/mol. The van der Waals surface area contributed by atoms with E-state index in [1.165, 1.54) is 12.1 Å². The van der Waals surface area contributed by atoms with Crippen LogP contribution in [0.15, 0.2) is 22.7 Å². The standard InChI is InChI=1S/C7H4BrNO.C2H6/c8-6-1-5(4-9)2-7(10)3-6;1-2/h1-3,10H;1-2H3. The normalized spacial score (nSPS) is 7.83.